The highest BCUT2D eigenvalue weighted by Crippen LogP contribution is 2.42. The minimum atomic E-state index is -4.80. The van der Waals surface area contributed by atoms with Crippen LogP contribution in [-0.2, 0) is 25.4 Å². The first-order valence-electron chi connectivity index (χ1n) is 19.2. The number of aromatic nitrogens is 1. The van der Waals surface area contributed by atoms with E-state index in [4.69, 9.17) is 12.2 Å². The van der Waals surface area contributed by atoms with Crippen molar-refractivity contribution >= 4 is 52.3 Å². The van der Waals surface area contributed by atoms with Gasteiger partial charge in [0.1, 0.15) is 11.6 Å². The van der Waals surface area contributed by atoms with Crippen LogP contribution < -0.4 is 15.5 Å². The molecule has 3 aliphatic heterocycles. The number of hydrogen-bond acceptors (Lipinski definition) is 9. The number of nitriles is 1. The molecule has 1 aliphatic carbocycles. The molecule has 0 spiro atoms. The number of rotatable bonds is 10. The zero-order chi connectivity index (χ0) is 42.2. The minimum absolute atomic E-state index is 0.0384. The smallest absolute Gasteiger partial charge is 0.331 e. The number of pyridine rings is 1. The number of carbonyl (C=O) groups is 4. The second-order valence-electron chi connectivity index (χ2n) is 15.9. The zero-order valence-electron chi connectivity index (χ0n) is 32.0. The van der Waals surface area contributed by atoms with E-state index in [1.165, 1.54) is 18.3 Å². The fourth-order valence-electron chi connectivity index (χ4n) is 8.58. The first-order valence-corrected chi connectivity index (χ1v) is 19.6. The van der Waals surface area contributed by atoms with E-state index < -0.39 is 65.2 Å². The SMILES string of the molecule is CC1(C)C(=O)N(c2ccc(C#N)c(C(F)(F)F)c2)C(=S)N1C1CCC(CCCN2CCN(CC(=O)Nc3ccc(C4CCC(=O)NC4=O)nc3)[C@@H](C(F)(F)F)C2)CC1. The number of thiocarbonyl (C=S) groups is 1. The molecule has 58 heavy (non-hydrogen) atoms. The molecule has 1 saturated carbocycles. The number of carbonyl (C=O) groups excluding carboxylic acids is 4. The average molecular weight is 835 g/mol. The summed E-state index contributed by atoms with van der Waals surface area (Å²) in [5.41, 5.74) is -2.20. The Morgan fingerprint density at radius 1 is 1.03 bits per heavy atom. The van der Waals surface area contributed by atoms with Crippen molar-refractivity contribution in [2.24, 2.45) is 5.92 Å². The molecule has 1 unspecified atom stereocenters. The third-order valence-electron chi connectivity index (χ3n) is 11.6. The third kappa shape index (κ3) is 9.29. The summed E-state index contributed by atoms with van der Waals surface area (Å²) >= 11 is 5.70. The number of anilines is 2. The van der Waals surface area contributed by atoms with Gasteiger partial charge >= 0.3 is 12.4 Å². The van der Waals surface area contributed by atoms with E-state index in [-0.39, 0.29) is 47.9 Å². The quantitative estimate of drug-likeness (QED) is 0.173. The summed E-state index contributed by atoms with van der Waals surface area (Å²) in [6.07, 6.45) is -3.18. The number of nitrogens with one attached hydrogen (secondary N) is 2. The van der Waals surface area contributed by atoms with Crippen molar-refractivity contribution in [1.29, 1.82) is 5.26 Å². The Labute approximate surface area is 336 Å². The summed E-state index contributed by atoms with van der Waals surface area (Å²) < 4.78 is 83.9. The van der Waals surface area contributed by atoms with Crippen molar-refractivity contribution in [1.82, 2.24) is 25.0 Å². The highest BCUT2D eigenvalue weighted by atomic mass is 32.1. The first kappa shape index (κ1) is 42.9. The molecule has 4 fully saturated rings. The van der Waals surface area contributed by atoms with E-state index in [1.54, 1.807) is 35.8 Å². The Morgan fingerprint density at radius 3 is 2.38 bits per heavy atom. The molecule has 12 nitrogen and oxygen atoms in total. The second-order valence-corrected chi connectivity index (χ2v) is 16.2. The molecular weight excluding hydrogens is 791 g/mol. The van der Waals surface area contributed by atoms with Gasteiger partial charge in [0.05, 0.1) is 52.9 Å². The highest BCUT2D eigenvalue weighted by Gasteiger charge is 2.53. The van der Waals surface area contributed by atoms with Gasteiger partial charge in [-0.2, -0.15) is 31.6 Å². The lowest BCUT2D eigenvalue weighted by molar-refractivity contribution is -0.197. The van der Waals surface area contributed by atoms with Gasteiger partial charge in [-0.15, -0.1) is 0 Å². The predicted molar refractivity (Wildman–Crippen MR) is 203 cm³/mol. The van der Waals surface area contributed by atoms with Gasteiger partial charge in [0.25, 0.3) is 5.91 Å². The fourth-order valence-corrected chi connectivity index (χ4v) is 9.14. The van der Waals surface area contributed by atoms with Crippen molar-refractivity contribution in [2.75, 3.05) is 42.9 Å². The second kappa shape index (κ2) is 16.9. The molecule has 0 bridgehead atoms. The van der Waals surface area contributed by atoms with Crippen LogP contribution in [0.25, 0.3) is 0 Å². The zero-order valence-corrected chi connectivity index (χ0v) is 32.8. The van der Waals surface area contributed by atoms with E-state index in [1.807, 2.05) is 0 Å². The van der Waals surface area contributed by atoms with Crippen LogP contribution >= 0.6 is 12.2 Å². The molecule has 4 aliphatic rings. The minimum Gasteiger partial charge on any atom is -0.331 e. The van der Waals surface area contributed by atoms with Gasteiger partial charge in [-0.3, -0.25) is 39.3 Å². The van der Waals surface area contributed by atoms with Gasteiger partial charge in [-0.1, -0.05) is 0 Å². The Kier molecular flexibility index (Phi) is 12.5. The summed E-state index contributed by atoms with van der Waals surface area (Å²) in [4.78, 5) is 60.0. The number of hydrogen-bond donors (Lipinski definition) is 2. The maximum absolute atomic E-state index is 14.3. The number of piperidine rings is 1. The third-order valence-corrected chi connectivity index (χ3v) is 12.0. The molecule has 2 aromatic rings. The number of piperazine rings is 1. The van der Waals surface area contributed by atoms with Crippen molar-refractivity contribution in [2.45, 2.75) is 101 Å². The molecule has 1 aromatic carbocycles. The van der Waals surface area contributed by atoms with E-state index in [2.05, 4.69) is 15.6 Å². The summed E-state index contributed by atoms with van der Waals surface area (Å²) in [5.74, 6) is -2.22. The lowest BCUT2D eigenvalue weighted by Crippen LogP contribution is -2.60. The standard InChI is InChI=1S/C39H44F6N8O4S/c1-37(2)35(57)52(27-11-7-24(19-46)29(18-27)38(40,41)42)36(58)53(37)26-9-5-23(6-10-26)4-3-15-50-16-17-51(31(21-50)39(43,44)45)22-33(55)48-25-8-13-30(47-20-25)28-12-14-32(54)49-34(28)56/h7-8,11,13,18,20,23,26,28,31H,3-6,9-10,12,14-17,21-22H2,1-2H3,(H,48,55)(H,49,54,56)/t23?,26?,28?,31-/m1/s1. The molecule has 2 N–H and O–H groups in total. The first-order chi connectivity index (χ1) is 27.3. The molecule has 1 aromatic heterocycles. The van der Waals surface area contributed by atoms with Gasteiger partial charge in [0, 0.05) is 32.1 Å². The summed E-state index contributed by atoms with van der Waals surface area (Å²) in [7, 11) is 0. The lowest BCUT2D eigenvalue weighted by Gasteiger charge is -2.42. The van der Waals surface area contributed by atoms with Gasteiger partial charge in [0.2, 0.25) is 17.7 Å². The number of halogens is 6. The van der Waals surface area contributed by atoms with Crippen molar-refractivity contribution < 1.29 is 45.5 Å². The molecule has 19 heteroatoms. The predicted octanol–water partition coefficient (Wildman–Crippen LogP) is 5.73. The van der Waals surface area contributed by atoms with E-state index >= 15 is 0 Å². The molecule has 6 rings (SSSR count). The van der Waals surface area contributed by atoms with Crippen molar-refractivity contribution in [3.8, 4) is 6.07 Å². The topological polar surface area (TPSA) is 142 Å². The number of alkyl halides is 6. The maximum Gasteiger partial charge on any atom is 0.417 e. The van der Waals surface area contributed by atoms with Crippen molar-refractivity contribution in [3.63, 3.8) is 0 Å². The van der Waals surface area contributed by atoms with Crippen molar-refractivity contribution in [3.05, 3.63) is 53.3 Å². The summed E-state index contributed by atoms with van der Waals surface area (Å²) in [6, 6.07) is 5.72. The van der Waals surface area contributed by atoms with Gasteiger partial charge in [-0.25, -0.2) is 0 Å². The van der Waals surface area contributed by atoms with E-state index in [0.717, 1.165) is 41.2 Å². The Morgan fingerprint density at radius 2 is 1.76 bits per heavy atom. The Bertz CT molecular complexity index is 1960. The van der Waals surface area contributed by atoms with E-state index in [0.29, 0.717) is 50.4 Å². The lowest BCUT2D eigenvalue weighted by atomic mass is 9.82. The van der Waals surface area contributed by atoms with Crippen LogP contribution in [0.3, 0.4) is 0 Å². The number of imide groups is 1. The van der Waals surface area contributed by atoms with Crippen LogP contribution in [-0.4, -0.2) is 105 Å². The monoisotopic (exact) mass is 834 g/mol. The maximum atomic E-state index is 14.3. The summed E-state index contributed by atoms with van der Waals surface area (Å²) in [6.45, 7) is 3.47. The van der Waals surface area contributed by atoms with Crippen LogP contribution in [0.1, 0.15) is 88.0 Å². The van der Waals surface area contributed by atoms with Gasteiger partial charge < -0.3 is 15.1 Å². The Hall–Kier alpha value is -4.67. The number of nitrogens with zero attached hydrogens (tertiary/aromatic N) is 6. The van der Waals surface area contributed by atoms with Crippen LogP contribution in [0.5, 0.6) is 0 Å². The highest BCUT2D eigenvalue weighted by molar-refractivity contribution is 7.80. The van der Waals surface area contributed by atoms with Crippen LogP contribution in [0.15, 0.2) is 36.5 Å². The van der Waals surface area contributed by atoms with Crippen LogP contribution in [0.4, 0.5) is 37.7 Å². The molecule has 0 radical (unpaired) electrons. The molecular formula is C39H44F6N8O4S. The van der Waals surface area contributed by atoms with Gasteiger partial charge in [0.15, 0.2) is 5.11 Å². The average Bonchev–Trinajstić information content (AvgIpc) is 3.33. The largest absolute Gasteiger partial charge is 0.417 e. The fraction of sp³-hybridized carbons (Fsp3) is 0.564. The summed E-state index contributed by atoms with van der Waals surface area (Å²) in [5, 5.41) is 14.1. The molecule has 2 atom stereocenters. The normalized spacial score (nSPS) is 24.8. The number of benzene rings is 1. The Balaban J connectivity index is 0.970. The number of amides is 4. The van der Waals surface area contributed by atoms with E-state index in [9.17, 15) is 50.8 Å². The molecule has 4 heterocycles. The molecule has 4 amide bonds. The molecule has 3 saturated heterocycles. The molecule has 312 valence electrons. The van der Waals surface area contributed by atoms with Crippen LogP contribution in [0, 0.1) is 17.2 Å². The van der Waals surface area contributed by atoms with Gasteiger partial charge in [-0.05, 0) is 114 Å². The van der Waals surface area contributed by atoms with Crippen LogP contribution in [0.2, 0.25) is 0 Å².